The van der Waals surface area contributed by atoms with Crippen LogP contribution in [-0.2, 0) is 26.2 Å². The predicted octanol–water partition coefficient (Wildman–Crippen LogP) is 4.17. The summed E-state index contributed by atoms with van der Waals surface area (Å²) >= 11 is 6.01. The molecule has 1 aliphatic rings. The van der Waals surface area contributed by atoms with E-state index < -0.39 is 28.5 Å². The number of halogens is 1. The number of hydrogen-bond donors (Lipinski definition) is 1. The molecule has 10 heteroatoms. The van der Waals surface area contributed by atoms with Crippen molar-refractivity contribution in [2.75, 3.05) is 17.1 Å². The lowest BCUT2D eigenvalue weighted by Crippen LogP contribution is -2.53. The van der Waals surface area contributed by atoms with Crippen molar-refractivity contribution in [2.24, 2.45) is 0 Å². The number of nitrogens with zero attached hydrogens (tertiary/aromatic N) is 2. The van der Waals surface area contributed by atoms with E-state index in [0.717, 1.165) is 48.2 Å². The number of nitrogens with one attached hydrogen (secondary N) is 1. The molecule has 37 heavy (non-hydrogen) atoms. The highest BCUT2D eigenvalue weighted by molar-refractivity contribution is 7.92. The van der Waals surface area contributed by atoms with Gasteiger partial charge in [-0.1, -0.05) is 55.1 Å². The summed E-state index contributed by atoms with van der Waals surface area (Å²) in [6.07, 6.45) is 6.05. The Hall–Kier alpha value is -2.91. The second kappa shape index (κ2) is 12.6. The first-order valence-corrected chi connectivity index (χ1v) is 14.6. The molecule has 2 aromatic carbocycles. The highest BCUT2D eigenvalue weighted by atomic mass is 35.5. The number of amides is 2. The van der Waals surface area contributed by atoms with Crippen LogP contribution in [0.4, 0.5) is 5.69 Å². The van der Waals surface area contributed by atoms with E-state index in [0.29, 0.717) is 10.6 Å². The van der Waals surface area contributed by atoms with Gasteiger partial charge in [0.05, 0.1) is 11.9 Å². The number of benzene rings is 2. The molecule has 0 radical (unpaired) electrons. The van der Waals surface area contributed by atoms with Gasteiger partial charge in [-0.3, -0.25) is 18.7 Å². The first-order chi connectivity index (χ1) is 17.5. The number of rotatable bonds is 10. The van der Waals surface area contributed by atoms with Crippen LogP contribution in [0.3, 0.4) is 0 Å². The lowest BCUT2D eigenvalue weighted by atomic mass is 9.95. The van der Waals surface area contributed by atoms with Gasteiger partial charge in [0, 0.05) is 23.2 Å². The van der Waals surface area contributed by atoms with E-state index in [1.54, 1.807) is 43.3 Å². The summed E-state index contributed by atoms with van der Waals surface area (Å²) in [5, 5.41) is 3.60. The van der Waals surface area contributed by atoms with Gasteiger partial charge in [0.2, 0.25) is 21.8 Å². The summed E-state index contributed by atoms with van der Waals surface area (Å²) < 4.78 is 26.4. The second-order valence-electron chi connectivity index (χ2n) is 9.54. The van der Waals surface area contributed by atoms with Crippen LogP contribution in [0.15, 0.2) is 48.5 Å². The summed E-state index contributed by atoms with van der Waals surface area (Å²) in [6, 6.07) is 12.3. The lowest BCUT2D eigenvalue weighted by molar-refractivity contribution is -0.139. The van der Waals surface area contributed by atoms with Gasteiger partial charge in [-0.15, -0.1) is 0 Å². The Morgan fingerprint density at radius 1 is 1.05 bits per heavy atom. The standard InChI is InChI=1S/C27H34ClN3O5S/c1-19(27(34)29-24-9-5-4-6-10-24)30(17-21-12-14-23(28)15-13-21)26(33)18-31(37(3,35)36)25-11-7-8-22(16-25)20(2)32/h7-8,11-16,19,24H,4-6,9-10,17-18H2,1-3H3,(H,29,34). The fraction of sp³-hybridized carbons (Fsp3) is 0.444. The topological polar surface area (TPSA) is 104 Å². The summed E-state index contributed by atoms with van der Waals surface area (Å²) in [5.41, 5.74) is 1.28. The number of carbonyl (C=O) groups is 3. The van der Waals surface area contributed by atoms with Crippen molar-refractivity contribution >= 4 is 44.9 Å². The van der Waals surface area contributed by atoms with Gasteiger partial charge in [0.15, 0.2) is 5.78 Å². The van der Waals surface area contributed by atoms with Crippen molar-refractivity contribution in [3.8, 4) is 0 Å². The van der Waals surface area contributed by atoms with Gasteiger partial charge in [-0.25, -0.2) is 8.42 Å². The number of Topliss-reactive ketones (excluding diaryl/α,β-unsaturated/α-hetero) is 1. The lowest BCUT2D eigenvalue weighted by Gasteiger charge is -2.33. The van der Waals surface area contributed by atoms with Crippen LogP contribution in [0.25, 0.3) is 0 Å². The zero-order valence-corrected chi connectivity index (χ0v) is 23.0. The molecular weight excluding hydrogens is 514 g/mol. The molecule has 1 N–H and O–H groups in total. The molecule has 200 valence electrons. The quantitative estimate of drug-likeness (QED) is 0.449. The van der Waals surface area contributed by atoms with Crippen molar-refractivity contribution < 1.29 is 22.8 Å². The first kappa shape index (κ1) is 28.7. The van der Waals surface area contributed by atoms with Crippen molar-refractivity contribution in [1.82, 2.24) is 10.2 Å². The van der Waals surface area contributed by atoms with E-state index in [4.69, 9.17) is 11.6 Å². The summed E-state index contributed by atoms with van der Waals surface area (Å²) in [7, 11) is -3.88. The molecule has 2 amide bonds. The average Bonchev–Trinajstić information content (AvgIpc) is 2.86. The molecule has 0 aromatic heterocycles. The minimum atomic E-state index is -3.88. The van der Waals surface area contributed by atoms with E-state index in [-0.39, 0.29) is 30.0 Å². The summed E-state index contributed by atoms with van der Waals surface area (Å²) in [5.74, 6) is -1.04. The number of carbonyl (C=O) groups excluding carboxylic acids is 3. The fourth-order valence-electron chi connectivity index (χ4n) is 4.43. The first-order valence-electron chi connectivity index (χ1n) is 12.4. The molecule has 1 atom stereocenters. The third-order valence-electron chi connectivity index (χ3n) is 6.60. The Bertz CT molecular complexity index is 1230. The zero-order chi connectivity index (χ0) is 27.2. The summed E-state index contributed by atoms with van der Waals surface area (Å²) in [4.78, 5) is 40.1. The largest absolute Gasteiger partial charge is 0.352 e. The maximum atomic E-state index is 13.6. The molecule has 0 bridgehead atoms. The van der Waals surface area contributed by atoms with E-state index in [1.807, 2.05) is 0 Å². The second-order valence-corrected chi connectivity index (χ2v) is 11.9. The Morgan fingerprint density at radius 3 is 2.30 bits per heavy atom. The SMILES string of the molecule is CC(=O)c1cccc(N(CC(=O)N(Cc2ccc(Cl)cc2)C(C)C(=O)NC2CCCCC2)S(C)(=O)=O)c1. The molecule has 1 aliphatic carbocycles. The zero-order valence-electron chi connectivity index (χ0n) is 21.4. The molecule has 0 spiro atoms. The third-order valence-corrected chi connectivity index (χ3v) is 8.00. The van der Waals surface area contributed by atoms with Crippen LogP contribution in [0.1, 0.15) is 61.9 Å². The van der Waals surface area contributed by atoms with Crippen LogP contribution in [-0.4, -0.2) is 55.8 Å². The molecule has 3 rings (SSSR count). The van der Waals surface area contributed by atoms with Gasteiger partial charge >= 0.3 is 0 Å². The van der Waals surface area contributed by atoms with E-state index >= 15 is 0 Å². The number of hydrogen-bond acceptors (Lipinski definition) is 5. The Labute approximate surface area is 224 Å². The van der Waals surface area contributed by atoms with Gasteiger partial charge in [0.25, 0.3) is 0 Å². The maximum Gasteiger partial charge on any atom is 0.244 e. The third kappa shape index (κ3) is 8.04. The average molecular weight is 548 g/mol. The molecule has 2 aromatic rings. The van der Waals surface area contributed by atoms with E-state index in [2.05, 4.69) is 5.32 Å². The van der Waals surface area contributed by atoms with Crippen LogP contribution in [0.2, 0.25) is 5.02 Å². The Balaban J connectivity index is 1.89. The van der Waals surface area contributed by atoms with Crippen LogP contribution in [0, 0.1) is 0 Å². The Kier molecular flexibility index (Phi) is 9.73. The van der Waals surface area contributed by atoms with Gasteiger partial charge in [0.1, 0.15) is 12.6 Å². The number of ketones is 1. The highest BCUT2D eigenvalue weighted by Crippen LogP contribution is 2.22. The molecule has 1 saturated carbocycles. The number of sulfonamides is 1. The molecule has 1 unspecified atom stereocenters. The molecule has 1 fully saturated rings. The minimum Gasteiger partial charge on any atom is -0.352 e. The van der Waals surface area contributed by atoms with Crippen LogP contribution < -0.4 is 9.62 Å². The smallest absolute Gasteiger partial charge is 0.244 e. The van der Waals surface area contributed by atoms with Gasteiger partial charge < -0.3 is 10.2 Å². The molecule has 0 aliphatic heterocycles. The number of anilines is 1. The van der Waals surface area contributed by atoms with Gasteiger partial charge in [-0.2, -0.15) is 0 Å². The van der Waals surface area contributed by atoms with Crippen LogP contribution >= 0.6 is 11.6 Å². The van der Waals surface area contributed by atoms with E-state index in [9.17, 15) is 22.8 Å². The van der Waals surface area contributed by atoms with Crippen molar-refractivity contribution in [1.29, 1.82) is 0 Å². The fourth-order valence-corrected chi connectivity index (χ4v) is 5.40. The van der Waals surface area contributed by atoms with Crippen molar-refractivity contribution in [3.05, 3.63) is 64.7 Å². The monoisotopic (exact) mass is 547 g/mol. The normalized spacial score (nSPS) is 15.0. The minimum absolute atomic E-state index is 0.0676. The summed E-state index contributed by atoms with van der Waals surface area (Å²) in [6.45, 7) is 2.61. The Morgan fingerprint density at radius 2 is 1.70 bits per heavy atom. The molecule has 8 nitrogen and oxygen atoms in total. The highest BCUT2D eigenvalue weighted by Gasteiger charge is 2.31. The van der Waals surface area contributed by atoms with Crippen molar-refractivity contribution in [3.63, 3.8) is 0 Å². The van der Waals surface area contributed by atoms with Gasteiger partial charge in [-0.05, 0) is 56.5 Å². The van der Waals surface area contributed by atoms with Crippen molar-refractivity contribution in [2.45, 2.75) is 64.6 Å². The van der Waals surface area contributed by atoms with E-state index in [1.165, 1.54) is 24.0 Å². The maximum absolute atomic E-state index is 13.6. The molecule has 0 heterocycles. The van der Waals surface area contributed by atoms with Crippen LogP contribution in [0.5, 0.6) is 0 Å². The molecule has 0 saturated heterocycles. The molecular formula is C27H34ClN3O5S. The predicted molar refractivity (Wildman–Crippen MR) is 145 cm³/mol.